The fraction of sp³-hybridized carbons (Fsp3) is 0.528. The predicted octanol–water partition coefficient (Wildman–Crippen LogP) is 18.3. The third-order valence-electron chi connectivity index (χ3n) is 21.3. The van der Waals surface area contributed by atoms with Crippen LogP contribution in [0.3, 0.4) is 0 Å². The number of furan rings is 1. The average molecular weight is 1010 g/mol. The van der Waals surface area contributed by atoms with Gasteiger partial charge in [0.2, 0.25) is 0 Å². The third-order valence-corrected chi connectivity index (χ3v) is 21.3. The van der Waals surface area contributed by atoms with Gasteiger partial charge in [0.05, 0.1) is 17.0 Å². The first kappa shape index (κ1) is 51.8. The van der Waals surface area contributed by atoms with Gasteiger partial charge < -0.3 is 14.2 Å². The van der Waals surface area contributed by atoms with E-state index in [9.17, 15) is 0 Å². The van der Waals surface area contributed by atoms with Crippen molar-refractivity contribution in [1.29, 1.82) is 0 Å². The zero-order valence-corrected chi connectivity index (χ0v) is 51.0. The summed E-state index contributed by atoms with van der Waals surface area (Å²) in [6.45, 7) is 51.6. The van der Waals surface area contributed by atoms with Crippen LogP contribution in [0.4, 0.5) is 34.1 Å². The fourth-order valence-electron chi connectivity index (χ4n) is 15.8. The molecule has 0 saturated carbocycles. The Labute approximate surface area is 460 Å². The molecule has 0 spiro atoms. The van der Waals surface area contributed by atoms with Gasteiger partial charge in [-0.2, -0.15) is 0 Å². The molecule has 1 aromatic heterocycles. The van der Waals surface area contributed by atoms with Crippen LogP contribution in [0.2, 0.25) is 0 Å². The maximum atomic E-state index is 7.98. The molecule has 398 valence electrons. The van der Waals surface area contributed by atoms with Crippen molar-refractivity contribution in [3.63, 3.8) is 0 Å². The Morgan fingerprint density at radius 1 is 0.434 bits per heavy atom. The number of aryl methyl sites for hydroxylation is 2. The first-order valence-electron chi connectivity index (χ1n) is 29.6. The monoisotopic (exact) mass is 1010 g/mol. The lowest BCUT2D eigenvalue weighted by atomic mass is 9.34. The summed E-state index contributed by atoms with van der Waals surface area (Å²) in [6.07, 6.45) is 9.23. The van der Waals surface area contributed by atoms with Gasteiger partial charge in [-0.25, -0.2) is 0 Å². The molecular formula is C72H91BN2O. The Morgan fingerprint density at radius 2 is 0.934 bits per heavy atom. The number of anilines is 6. The summed E-state index contributed by atoms with van der Waals surface area (Å²) in [7, 11) is 0. The normalized spacial score (nSPS) is 22.1. The highest BCUT2D eigenvalue weighted by Crippen LogP contribution is 2.59. The van der Waals surface area contributed by atoms with Crippen molar-refractivity contribution in [3.05, 3.63) is 134 Å². The van der Waals surface area contributed by atoms with E-state index in [2.05, 4.69) is 228 Å². The smallest absolute Gasteiger partial charge is 0.297 e. The Bertz CT molecular complexity index is 3460. The number of fused-ring (bicyclic) bond motifs is 10. The van der Waals surface area contributed by atoms with E-state index in [1.807, 2.05) is 0 Å². The predicted molar refractivity (Wildman–Crippen MR) is 327 cm³/mol. The molecule has 3 heterocycles. The van der Waals surface area contributed by atoms with E-state index >= 15 is 0 Å². The van der Waals surface area contributed by atoms with Crippen LogP contribution in [0.15, 0.2) is 77.2 Å². The molecule has 76 heavy (non-hydrogen) atoms. The molecular weight excluding hydrogens is 920 g/mol. The molecule has 0 fully saturated rings. The van der Waals surface area contributed by atoms with Crippen LogP contribution < -0.4 is 26.4 Å². The van der Waals surface area contributed by atoms with Crippen molar-refractivity contribution in [1.82, 2.24) is 0 Å². The fourth-order valence-corrected chi connectivity index (χ4v) is 15.8. The van der Waals surface area contributed by atoms with Crippen LogP contribution in [0.25, 0.3) is 11.1 Å². The van der Waals surface area contributed by atoms with Gasteiger partial charge in [0.25, 0.3) is 6.71 Å². The maximum absolute atomic E-state index is 7.98. The summed E-state index contributed by atoms with van der Waals surface area (Å²) in [5.41, 5.74) is 28.7. The van der Waals surface area contributed by atoms with E-state index in [4.69, 9.17) is 4.42 Å². The Kier molecular flexibility index (Phi) is 10.8. The SMILES string of the molecule is Cc1cc2c3c(c1)N(c1ccc(C(C)(C)C)cc1-c1cc4c(cc1C)C(C)(C)CCC4(C)C)c1c(oc4c1C(C)(C)CCC4(C)C)B3c1ccc3c(c1N2c1ccc2c(c1)C(C)(C)CCC2(C)C)C(C)(C)CCC3(C)C. The molecule has 4 heteroatoms. The quantitative estimate of drug-likeness (QED) is 0.164. The van der Waals surface area contributed by atoms with Crippen molar-refractivity contribution in [2.24, 2.45) is 0 Å². The van der Waals surface area contributed by atoms with E-state index in [0.29, 0.717) is 0 Å². The minimum Gasteiger partial charge on any atom is -0.472 e. The molecule has 0 amide bonds. The van der Waals surface area contributed by atoms with Gasteiger partial charge in [0.15, 0.2) is 0 Å². The molecule has 5 aromatic carbocycles. The Balaban J connectivity index is 1.23. The van der Waals surface area contributed by atoms with E-state index in [1.54, 1.807) is 0 Å². The van der Waals surface area contributed by atoms with Gasteiger partial charge in [-0.3, -0.25) is 0 Å². The van der Waals surface area contributed by atoms with Crippen LogP contribution >= 0.6 is 0 Å². The highest BCUT2D eigenvalue weighted by molar-refractivity contribution is 6.99. The molecule has 2 aliphatic heterocycles. The van der Waals surface area contributed by atoms with Crippen molar-refractivity contribution in [2.75, 3.05) is 9.80 Å². The van der Waals surface area contributed by atoms with Gasteiger partial charge in [-0.1, -0.05) is 162 Å². The van der Waals surface area contributed by atoms with Gasteiger partial charge in [0.1, 0.15) is 5.76 Å². The summed E-state index contributed by atoms with van der Waals surface area (Å²) in [4.78, 5) is 5.53. The van der Waals surface area contributed by atoms with Crippen molar-refractivity contribution in [3.8, 4) is 11.1 Å². The second-order valence-electron chi connectivity index (χ2n) is 31.8. The van der Waals surface area contributed by atoms with Crippen molar-refractivity contribution < 1.29 is 4.42 Å². The lowest BCUT2D eigenvalue weighted by Crippen LogP contribution is -2.62. The Morgan fingerprint density at radius 3 is 1.54 bits per heavy atom. The summed E-state index contributed by atoms with van der Waals surface area (Å²) in [6, 6.07) is 30.6. The molecule has 6 aromatic rings. The van der Waals surface area contributed by atoms with Gasteiger partial charge in [-0.05, 0) is 218 Å². The molecule has 0 atom stereocenters. The standard InChI is InChI=1S/C72H91BN2O/c1-42-36-55-59-56(37-42)75(54-27-22-44(64(3,4)5)39-47(54)46-41-52-50(38-43(46)2)67(10,11)30-31-69(52,14)15)61-58-62(72(20,21)35-34-71(58,18)19)76-63(61)73(59)53-26-25-49-57(70(16,17)33-32-66(49,8)9)60(53)74(55)45-23-24-48-51(40-45)68(12,13)29-28-65(48,6)7/h22-27,36-41H,28-35H2,1-21H3. The molecule has 6 aliphatic rings. The lowest BCUT2D eigenvalue weighted by Gasteiger charge is -2.49. The number of benzene rings is 5. The first-order valence-corrected chi connectivity index (χ1v) is 29.6. The summed E-state index contributed by atoms with van der Waals surface area (Å²) >= 11 is 0. The van der Waals surface area contributed by atoms with Gasteiger partial charge in [-0.15, -0.1) is 0 Å². The average Bonchev–Trinajstić information content (AvgIpc) is 3.75. The molecule has 0 bridgehead atoms. The van der Waals surface area contributed by atoms with Gasteiger partial charge >= 0.3 is 0 Å². The second kappa shape index (κ2) is 15.9. The number of hydrogen-bond acceptors (Lipinski definition) is 3. The van der Waals surface area contributed by atoms with Crippen LogP contribution in [-0.2, 0) is 48.7 Å². The minimum absolute atomic E-state index is 0.0349. The van der Waals surface area contributed by atoms with Crippen LogP contribution in [0.5, 0.6) is 0 Å². The highest BCUT2D eigenvalue weighted by atomic mass is 16.3. The minimum atomic E-state index is -0.139. The third kappa shape index (κ3) is 7.39. The largest absolute Gasteiger partial charge is 0.472 e. The van der Waals surface area contributed by atoms with E-state index in [0.717, 1.165) is 24.9 Å². The van der Waals surface area contributed by atoms with Crippen molar-refractivity contribution >= 4 is 57.4 Å². The maximum Gasteiger partial charge on any atom is 0.297 e. The van der Waals surface area contributed by atoms with Crippen LogP contribution in [0, 0.1) is 13.8 Å². The van der Waals surface area contributed by atoms with E-state index in [1.165, 1.54) is 150 Å². The van der Waals surface area contributed by atoms with Crippen molar-refractivity contribution in [2.45, 2.75) is 245 Å². The summed E-state index contributed by atoms with van der Waals surface area (Å²) < 4.78 is 7.98. The lowest BCUT2D eigenvalue weighted by molar-refractivity contribution is 0.282. The molecule has 12 rings (SSSR count). The molecule has 0 radical (unpaired) electrons. The molecule has 0 saturated heterocycles. The second-order valence-corrected chi connectivity index (χ2v) is 31.8. The number of hydrogen-bond donors (Lipinski definition) is 0. The number of rotatable bonds is 3. The molecule has 0 N–H and O–H groups in total. The first-order chi connectivity index (χ1) is 35.1. The summed E-state index contributed by atoms with van der Waals surface area (Å²) in [5, 5.41) is 0. The zero-order valence-electron chi connectivity index (χ0n) is 51.0. The topological polar surface area (TPSA) is 19.6 Å². The van der Waals surface area contributed by atoms with Crippen LogP contribution in [0.1, 0.15) is 244 Å². The zero-order chi connectivity index (χ0) is 54.8. The van der Waals surface area contributed by atoms with Crippen LogP contribution in [-0.4, -0.2) is 6.71 Å². The number of nitrogens with zero attached hydrogens (tertiary/aromatic N) is 2. The Hall–Kier alpha value is -4.96. The highest BCUT2D eigenvalue weighted by Gasteiger charge is 2.55. The molecule has 3 nitrogen and oxygen atoms in total. The summed E-state index contributed by atoms with van der Waals surface area (Å²) in [5.74, 6) is 1.18. The molecule has 4 aliphatic carbocycles. The van der Waals surface area contributed by atoms with Gasteiger partial charge in [0, 0.05) is 39.3 Å². The van der Waals surface area contributed by atoms with E-state index in [-0.39, 0.29) is 55.4 Å². The molecule has 0 unspecified atom stereocenters. The van der Waals surface area contributed by atoms with E-state index < -0.39 is 0 Å².